The number of benzene rings is 1. The van der Waals surface area contributed by atoms with Gasteiger partial charge in [0.2, 0.25) is 0 Å². The van der Waals surface area contributed by atoms with Gasteiger partial charge in [-0.05, 0) is 18.7 Å². The van der Waals surface area contributed by atoms with Gasteiger partial charge in [-0.1, -0.05) is 30.3 Å². The van der Waals surface area contributed by atoms with Gasteiger partial charge in [0, 0.05) is 0 Å². The van der Waals surface area contributed by atoms with Crippen LogP contribution >= 0.6 is 11.8 Å². The summed E-state index contributed by atoms with van der Waals surface area (Å²) in [5.41, 5.74) is 0.999. The maximum atomic E-state index is 11.5. The predicted molar refractivity (Wildman–Crippen MR) is 59.3 cm³/mol. The number of carbonyl (C=O) groups is 1. The normalized spacial score (nSPS) is 12.1. The van der Waals surface area contributed by atoms with Crippen LogP contribution in [0.2, 0.25) is 0 Å². The number of hydrogen-bond acceptors (Lipinski definition) is 3. The Balaban J connectivity index is 2.57. The first-order chi connectivity index (χ1) is 6.75. The lowest BCUT2D eigenvalue weighted by Gasteiger charge is -2.10. The molecule has 1 atom stereocenters. The van der Waals surface area contributed by atoms with E-state index >= 15 is 0 Å². The van der Waals surface area contributed by atoms with Crippen molar-refractivity contribution in [3.05, 3.63) is 35.9 Å². The van der Waals surface area contributed by atoms with E-state index < -0.39 is 0 Å². The smallest absolute Gasteiger partial charge is 0.313 e. The molecular weight excluding hydrogens is 196 g/mol. The van der Waals surface area contributed by atoms with Gasteiger partial charge in [0.25, 0.3) is 0 Å². The van der Waals surface area contributed by atoms with Crippen molar-refractivity contribution in [3.8, 4) is 0 Å². The van der Waals surface area contributed by atoms with Crippen LogP contribution in [-0.2, 0) is 9.53 Å². The monoisotopic (exact) mass is 210 g/mol. The van der Waals surface area contributed by atoms with Gasteiger partial charge >= 0.3 is 5.97 Å². The molecule has 3 heteroatoms. The van der Waals surface area contributed by atoms with Crippen LogP contribution in [0.3, 0.4) is 0 Å². The van der Waals surface area contributed by atoms with Gasteiger partial charge in [-0.25, -0.2) is 0 Å². The second-order valence-electron chi connectivity index (χ2n) is 3.00. The van der Waals surface area contributed by atoms with Gasteiger partial charge in [-0.15, -0.1) is 11.8 Å². The summed E-state index contributed by atoms with van der Waals surface area (Å²) in [5, 5.41) is 0. The minimum absolute atomic E-state index is 0.162. The number of hydrogen-bond donors (Lipinski definition) is 0. The zero-order valence-corrected chi connectivity index (χ0v) is 9.21. The summed E-state index contributed by atoms with van der Waals surface area (Å²) in [7, 11) is 0. The van der Waals surface area contributed by atoms with Crippen molar-refractivity contribution in [1.29, 1.82) is 0 Å². The molecule has 0 saturated heterocycles. The summed E-state index contributed by atoms with van der Waals surface area (Å²) < 4.78 is 5.03. The maximum Gasteiger partial charge on any atom is 0.313 e. The molecule has 0 N–H and O–H groups in total. The van der Waals surface area contributed by atoms with Crippen molar-refractivity contribution in [3.63, 3.8) is 0 Å². The molecule has 0 aromatic heterocycles. The van der Waals surface area contributed by atoms with Crippen molar-refractivity contribution in [2.75, 3.05) is 12.2 Å². The summed E-state index contributed by atoms with van der Waals surface area (Å²) >= 11 is 1.50. The average molecular weight is 210 g/mol. The second kappa shape index (κ2) is 5.70. The van der Waals surface area contributed by atoms with Crippen LogP contribution in [0, 0.1) is 0 Å². The highest BCUT2D eigenvalue weighted by Gasteiger charge is 2.15. The molecule has 1 unspecified atom stereocenters. The summed E-state index contributed by atoms with van der Waals surface area (Å²) in [6.45, 7) is 1.86. The molecule has 2 nitrogen and oxygen atoms in total. The molecule has 0 radical (unpaired) electrons. The van der Waals surface area contributed by atoms with Crippen molar-refractivity contribution >= 4 is 17.7 Å². The number of esters is 1. The largest absolute Gasteiger partial charge is 0.454 e. The molecule has 0 spiro atoms. The lowest BCUT2D eigenvalue weighted by molar-refractivity contribution is -0.142. The first-order valence-electron chi connectivity index (χ1n) is 4.46. The minimum Gasteiger partial charge on any atom is -0.454 e. The van der Waals surface area contributed by atoms with Gasteiger partial charge in [-0.2, -0.15) is 0 Å². The fraction of sp³-hybridized carbons (Fsp3) is 0.364. The van der Waals surface area contributed by atoms with E-state index in [9.17, 15) is 4.79 Å². The third-order valence-electron chi connectivity index (χ3n) is 1.97. The molecule has 0 aliphatic rings. The van der Waals surface area contributed by atoms with E-state index in [0.29, 0.717) is 5.94 Å². The Morgan fingerprint density at radius 2 is 2.07 bits per heavy atom. The van der Waals surface area contributed by atoms with Gasteiger partial charge < -0.3 is 4.74 Å². The van der Waals surface area contributed by atoms with Gasteiger partial charge in [0.15, 0.2) is 0 Å². The molecule has 76 valence electrons. The van der Waals surface area contributed by atoms with E-state index in [1.807, 2.05) is 43.5 Å². The van der Waals surface area contributed by atoms with Crippen molar-refractivity contribution in [2.45, 2.75) is 12.8 Å². The maximum absolute atomic E-state index is 11.5. The Bertz CT molecular complexity index is 285. The van der Waals surface area contributed by atoms with Gasteiger partial charge in [-0.3, -0.25) is 4.79 Å². The Kier molecular flexibility index (Phi) is 4.53. The van der Waals surface area contributed by atoms with Crippen LogP contribution < -0.4 is 0 Å². The van der Waals surface area contributed by atoms with Crippen LogP contribution in [0.4, 0.5) is 0 Å². The molecule has 0 bridgehead atoms. The number of ether oxygens (including phenoxy) is 1. The number of carbonyl (C=O) groups excluding carboxylic acids is 1. The zero-order valence-electron chi connectivity index (χ0n) is 8.40. The van der Waals surface area contributed by atoms with E-state index in [1.165, 1.54) is 11.8 Å². The average Bonchev–Trinajstić information content (AvgIpc) is 2.26. The molecule has 1 rings (SSSR count). The third-order valence-corrected chi connectivity index (χ3v) is 2.33. The SMILES string of the molecule is CSCOC(=O)C(C)c1ccccc1. The van der Waals surface area contributed by atoms with E-state index in [2.05, 4.69) is 0 Å². The Hall–Kier alpha value is -0.960. The first kappa shape index (κ1) is 11.1. The van der Waals surface area contributed by atoms with Crippen molar-refractivity contribution < 1.29 is 9.53 Å². The highest BCUT2D eigenvalue weighted by molar-refractivity contribution is 7.98. The Labute approximate surface area is 88.7 Å². The number of thioether (sulfide) groups is 1. The Morgan fingerprint density at radius 3 is 2.64 bits per heavy atom. The molecule has 0 amide bonds. The fourth-order valence-corrected chi connectivity index (χ4v) is 1.35. The van der Waals surface area contributed by atoms with E-state index in [-0.39, 0.29) is 11.9 Å². The Morgan fingerprint density at radius 1 is 1.43 bits per heavy atom. The molecule has 1 aromatic rings. The van der Waals surface area contributed by atoms with Crippen LogP contribution in [0.1, 0.15) is 18.4 Å². The van der Waals surface area contributed by atoms with Gasteiger partial charge in [0.1, 0.15) is 5.94 Å². The molecule has 0 heterocycles. The standard InChI is InChI=1S/C11H14O2S/c1-9(11(12)13-8-14-2)10-6-4-3-5-7-10/h3-7,9H,8H2,1-2H3. The van der Waals surface area contributed by atoms with Gasteiger partial charge in [0.05, 0.1) is 5.92 Å². The molecule has 14 heavy (non-hydrogen) atoms. The zero-order chi connectivity index (χ0) is 10.4. The molecule has 0 aliphatic carbocycles. The molecular formula is C11H14O2S. The van der Waals surface area contributed by atoms with Crippen LogP contribution in [0.25, 0.3) is 0 Å². The van der Waals surface area contributed by atoms with E-state index in [4.69, 9.17) is 4.74 Å². The highest BCUT2D eigenvalue weighted by atomic mass is 32.2. The van der Waals surface area contributed by atoms with E-state index in [0.717, 1.165) is 5.56 Å². The molecule has 1 aromatic carbocycles. The van der Waals surface area contributed by atoms with Crippen molar-refractivity contribution in [1.82, 2.24) is 0 Å². The predicted octanol–water partition coefficient (Wildman–Crippen LogP) is 2.65. The van der Waals surface area contributed by atoms with Crippen LogP contribution in [0.5, 0.6) is 0 Å². The van der Waals surface area contributed by atoms with Crippen LogP contribution in [0.15, 0.2) is 30.3 Å². The summed E-state index contributed by atoms with van der Waals surface area (Å²) in [6, 6.07) is 9.65. The molecule has 0 aliphatic heterocycles. The lowest BCUT2D eigenvalue weighted by Crippen LogP contribution is -2.12. The minimum atomic E-state index is -0.177. The summed E-state index contributed by atoms with van der Waals surface area (Å²) in [6.07, 6.45) is 1.90. The number of rotatable bonds is 4. The third kappa shape index (κ3) is 3.07. The highest BCUT2D eigenvalue weighted by Crippen LogP contribution is 2.16. The topological polar surface area (TPSA) is 26.3 Å². The summed E-state index contributed by atoms with van der Waals surface area (Å²) in [5.74, 6) is 0.0876. The first-order valence-corrected chi connectivity index (χ1v) is 5.85. The quantitative estimate of drug-likeness (QED) is 0.564. The van der Waals surface area contributed by atoms with E-state index in [1.54, 1.807) is 0 Å². The van der Waals surface area contributed by atoms with Crippen LogP contribution in [-0.4, -0.2) is 18.2 Å². The molecule has 0 fully saturated rings. The fourth-order valence-electron chi connectivity index (χ4n) is 1.12. The second-order valence-corrected chi connectivity index (χ2v) is 3.82. The molecule has 0 saturated carbocycles. The van der Waals surface area contributed by atoms with Crippen molar-refractivity contribution in [2.24, 2.45) is 0 Å². The summed E-state index contributed by atoms with van der Waals surface area (Å²) in [4.78, 5) is 11.5. The lowest BCUT2D eigenvalue weighted by atomic mass is 10.0.